The fourth-order valence-electron chi connectivity index (χ4n) is 2.66. The highest BCUT2D eigenvalue weighted by molar-refractivity contribution is 7.92. The number of hydrogen-bond donors (Lipinski definition) is 1. The van der Waals surface area contributed by atoms with E-state index in [1.165, 1.54) is 16.8 Å². The van der Waals surface area contributed by atoms with Crippen molar-refractivity contribution in [1.29, 1.82) is 0 Å². The molecule has 0 aliphatic rings. The Kier molecular flexibility index (Phi) is 5.89. The Morgan fingerprint density at radius 1 is 1.07 bits per heavy atom. The summed E-state index contributed by atoms with van der Waals surface area (Å²) in [4.78, 5) is 13.0. The van der Waals surface area contributed by atoms with Crippen LogP contribution in [-0.2, 0) is 16.6 Å². The van der Waals surface area contributed by atoms with E-state index in [1.807, 2.05) is 13.8 Å². The van der Waals surface area contributed by atoms with Gasteiger partial charge in [0.2, 0.25) is 5.78 Å². The van der Waals surface area contributed by atoms with E-state index in [0.29, 0.717) is 12.1 Å². The Morgan fingerprint density at radius 3 is 2.39 bits per heavy atom. The minimum absolute atomic E-state index is 0.0158. The van der Waals surface area contributed by atoms with Crippen molar-refractivity contribution in [2.45, 2.75) is 38.1 Å². The predicted molar refractivity (Wildman–Crippen MR) is 107 cm³/mol. The molecule has 3 aromatic rings. The minimum atomic E-state index is -3.89. The van der Waals surface area contributed by atoms with Gasteiger partial charge in [0.25, 0.3) is 10.0 Å². The Bertz CT molecular complexity index is 1060. The average Bonchev–Trinajstić information content (AvgIpc) is 3.08. The molecule has 146 valence electrons. The summed E-state index contributed by atoms with van der Waals surface area (Å²) in [5.74, 6) is -0.298. The highest BCUT2D eigenvalue weighted by Gasteiger charge is 2.25. The number of hydrogen-bond acceptors (Lipinski definition) is 5. The van der Waals surface area contributed by atoms with Crippen LogP contribution in [0.2, 0.25) is 0 Å². The van der Waals surface area contributed by atoms with E-state index in [9.17, 15) is 13.2 Å². The lowest BCUT2D eigenvalue weighted by Gasteiger charge is -2.11. The molecule has 3 rings (SSSR count). The van der Waals surface area contributed by atoms with Crippen LogP contribution in [0.25, 0.3) is 0 Å². The molecule has 1 heterocycles. The quantitative estimate of drug-likeness (QED) is 0.587. The van der Waals surface area contributed by atoms with Crippen LogP contribution < -0.4 is 4.72 Å². The van der Waals surface area contributed by atoms with Crippen LogP contribution >= 0.6 is 0 Å². The highest BCUT2D eigenvalue weighted by Crippen LogP contribution is 2.22. The van der Waals surface area contributed by atoms with Crippen LogP contribution in [-0.4, -0.2) is 29.2 Å². The van der Waals surface area contributed by atoms with E-state index in [2.05, 4.69) is 15.0 Å². The number of ketones is 1. The van der Waals surface area contributed by atoms with Crippen molar-refractivity contribution in [3.8, 4) is 0 Å². The van der Waals surface area contributed by atoms with Gasteiger partial charge in [0.05, 0.1) is 4.90 Å². The number of aromatic nitrogens is 3. The number of anilines is 1. The number of carbonyl (C=O) groups excluding carboxylic acids is 1. The summed E-state index contributed by atoms with van der Waals surface area (Å²) >= 11 is 0. The van der Waals surface area contributed by atoms with Crippen LogP contribution in [0.5, 0.6) is 0 Å². The van der Waals surface area contributed by atoms with Gasteiger partial charge in [-0.3, -0.25) is 9.52 Å². The zero-order valence-corrected chi connectivity index (χ0v) is 16.6. The first-order valence-corrected chi connectivity index (χ1v) is 10.5. The predicted octanol–water partition coefficient (Wildman–Crippen LogP) is 3.42. The Hall–Kier alpha value is -3.00. The van der Waals surface area contributed by atoms with Gasteiger partial charge in [0, 0.05) is 12.1 Å². The molecule has 28 heavy (non-hydrogen) atoms. The smallest absolute Gasteiger partial charge is 0.263 e. The Balaban J connectivity index is 2.01. The van der Waals surface area contributed by atoms with E-state index in [0.717, 1.165) is 18.4 Å². The topological polar surface area (TPSA) is 93.9 Å². The number of sulfonamides is 1. The molecule has 0 amide bonds. The van der Waals surface area contributed by atoms with Crippen molar-refractivity contribution in [1.82, 2.24) is 15.0 Å². The Labute approximate surface area is 164 Å². The molecule has 0 saturated carbocycles. The van der Waals surface area contributed by atoms with Gasteiger partial charge in [-0.15, -0.1) is 5.10 Å². The number of unbranched alkanes of at least 4 members (excludes halogenated alkanes) is 1. The largest absolute Gasteiger partial charge is 0.287 e. The van der Waals surface area contributed by atoms with Gasteiger partial charge in [-0.2, -0.15) is 0 Å². The minimum Gasteiger partial charge on any atom is -0.287 e. The third-order valence-corrected chi connectivity index (χ3v) is 5.63. The molecule has 8 heteroatoms. The van der Waals surface area contributed by atoms with Crippen molar-refractivity contribution in [3.05, 3.63) is 71.4 Å². The fourth-order valence-corrected chi connectivity index (χ4v) is 3.73. The first kappa shape index (κ1) is 19.8. The summed E-state index contributed by atoms with van der Waals surface area (Å²) < 4.78 is 29.7. The van der Waals surface area contributed by atoms with Crippen LogP contribution in [0.1, 0.15) is 41.4 Å². The number of benzene rings is 2. The second-order valence-corrected chi connectivity index (χ2v) is 8.16. The van der Waals surface area contributed by atoms with Crippen LogP contribution in [0, 0.1) is 6.92 Å². The van der Waals surface area contributed by atoms with Crippen molar-refractivity contribution < 1.29 is 13.2 Å². The fraction of sp³-hybridized carbons (Fsp3) is 0.250. The van der Waals surface area contributed by atoms with E-state index < -0.39 is 10.0 Å². The van der Waals surface area contributed by atoms with E-state index in [4.69, 9.17) is 0 Å². The van der Waals surface area contributed by atoms with Gasteiger partial charge in [-0.25, -0.2) is 13.1 Å². The van der Waals surface area contributed by atoms with Crippen LogP contribution in [0.15, 0.2) is 59.5 Å². The maximum Gasteiger partial charge on any atom is 0.263 e. The first-order chi connectivity index (χ1) is 13.4. The third kappa shape index (κ3) is 4.28. The molecule has 0 spiro atoms. The molecule has 0 bridgehead atoms. The normalized spacial score (nSPS) is 11.4. The van der Waals surface area contributed by atoms with E-state index in [-0.39, 0.29) is 22.2 Å². The van der Waals surface area contributed by atoms with Crippen molar-refractivity contribution in [2.75, 3.05) is 4.72 Å². The molecule has 0 unspecified atom stereocenters. The van der Waals surface area contributed by atoms with Crippen LogP contribution in [0.4, 0.5) is 5.82 Å². The second-order valence-electron chi connectivity index (χ2n) is 6.48. The number of nitrogens with one attached hydrogen (secondary N) is 1. The van der Waals surface area contributed by atoms with Crippen molar-refractivity contribution in [2.24, 2.45) is 0 Å². The van der Waals surface area contributed by atoms with E-state index in [1.54, 1.807) is 42.5 Å². The lowest BCUT2D eigenvalue weighted by atomic mass is 10.1. The molecule has 1 aromatic heterocycles. The zero-order chi connectivity index (χ0) is 20.1. The van der Waals surface area contributed by atoms with E-state index >= 15 is 0 Å². The molecule has 7 nitrogen and oxygen atoms in total. The molecular formula is C20H22N4O3S. The van der Waals surface area contributed by atoms with Gasteiger partial charge < -0.3 is 0 Å². The summed E-state index contributed by atoms with van der Waals surface area (Å²) in [6, 6.07) is 15.1. The summed E-state index contributed by atoms with van der Waals surface area (Å²) in [6.45, 7) is 4.35. The standard InChI is InChI=1S/C20H22N4O3S/c1-3-4-14-24-20(22-28(26,27)17-12-10-15(2)11-13-17)18(21-23-24)19(25)16-8-6-5-7-9-16/h5-13,22H,3-4,14H2,1-2H3. The number of rotatable bonds is 8. The molecule has 0 aliphatic carbocycles. The SMILES string of the molecule is CCCCn1nnc(C(=O)c2ccccc2)c1NS(=O)(=O)c1ccc(C)cc1. The molecule has 0 aliphatic heterocycles. The van der Waals surface area contributed by atoms with Gasteiger partial charge >= 0.3 is 0 Å². The molecule has 0 fully saturated rings. The van der Waals surface area contributed by atoms with Gasteiger partial charge in [-0.1, -0.05) is 66.6 Å². The summed E-state index contributed by atoms with van der Waals surface area (Å²) in [6.07, 6.45) is 1.67. The second kappa shape index (κ2) is 8.35. The van der Waals surface area contributed by atoms with Gasteiger partial charge in [0.15, 0.2) is 11.5 Å². The monoisotopic (exact) mass is 398 g/mol. The zero-order valence-electron chi connectivity index (χ0n) is 15.8. The number of carbonyl (C=O) groups is 1. The lowest BCUT2D eigenvalue weighted by molar-refractivity contribution is 0.103. The number of nitrogens with zero attached hydrogens (tertiary/aromatic N) is 3. The highest BCUT2D eigenvalue weighted by atomic mass is 32.2. The molecule has 0 atom stereocenters. The molecular weight excluding hydrogens is 376 g/mol. The molecule has 0 saturated heterocycles. The molecule has 2 aromatic carbocycles. The maximum absolute atomic E-state index is 12.9. The maximum atomic E-state index is 12.9. The van der Waals surface area contributed by atoms with Crippen molar-refractivity contribution >= 4 is 21.6 Å². The first-order valence-electron chi connectivity index (χ1n) is 9.05. The Morgan fingerprint density at radius 2 is 1.75 bits per heavy atom. The number of aryl methyl sites for hydroxylation is 2. The summed E-state index contributed by atoms with van der Waals surface area (Å²) in [7, 11) is -3.89. The lowest BCUT2D eigenvalue weighted by Crippen LogP contribution is -2.19. The molecule has 0 radical (unpaired) electrons. The molecule has 1 N–H and O–H groups in total. The van der Waals surface area contributed by atoms with Gasteiger partial charge in [0.1, 0.15) is 0 Å². The summed E-state index contributed by atoms with van der Waals surface area (Å²) in [5, 5.41) is 7.98. The van der Waals surface area contributed by atoms with Crippen LogP contribution in [0.3, 0.4) is 0 Å². The third-order valence-electron chi connectivity index (χ3n) is 4.27. The van der Waals surface area contributed by atoms with Crippen molar-refractivity contribution in [3.63, 3.8) is 0 Å². The summed E-state index contributed by atoms with van der Waals surface area (Å²) in [5.41, 5.74) is 1.35. The van der Waals surface area contributed by atoms with Gasteiger partial charge in [-0.05, 0) is 25.5 Å². The average molecular weight is 398 g/mol.